The van der Waals surface area contributed by atoms with Gasteiger partial charge in [0, 0.05) is 41.3 Å². The van der Waals surface area contributed by atoms with Crippen molar-refractivity contribution in [3.63, 3.8) is 0 Å². The SMILES string of the molecule is O=S1(=O)CCC(Nc2cccc3c2cc(-c2cnn(Cc4ccncc4)c2)n3CC(F)(F)F)CC1. The highest BCUT2D eigenvalue weighted by Gasteiger charge is 2.31. The van der Waals surface area contributed by atoms with Gasteiger partial charge in [0.15, 0.2) is 0 Å². The summed E-state index contributed by atoms with van der Waals surface area (Å²) in [5, 5.41) is 8.38. The molecule has 4 heterocycles. The van der Waals surface area contributed by atoms with Gasteiger partial charge in [-0.1, -0.05) is 6.07 Å². The topological polar surface area (TPSA) is 81.8 Å². The molecule has 1 saturated heterocycles. The van der Waals surface area contributed by atoms with Crippen LogP contribution in [0.1, 0.15) is 18.4 Å². The summed E-state index contributed by atoms with van der Waals surface area (Å²) in [7, 11) is -3.01. The van der Waals surface area contributed by atoms with Gasteiger partial charge >= 0.3 is 6.18 Å². The third-order valence-corrected chi connectivity index (χ3v) is 7.94. The lowest BCUT2D eigenvalue weighted by atomic mass is 10.1. The summed E-state index contributed by atoms with van der Waals surface area (Å²) in [6.07, 6.45) is 3.19. The molecule has 7 nitrogen and oxygen atoms in total. The molecule has 0 amide bonds. The van der Waals surface area contributed by atoms with E-state index in [-0.39, 0.29) is 17.5 Å². The van der Waals surface area contributed by atoms with Gasteiger partial charge in [-0.15, -0.1) is 0 Å². The Labute approximate surface area is 200 Å². The molecular weight excluding hydrogens is 479 g/mol. The zero-order valence-corrected chi connectivity index (χ0v) is 19.6. The van der Waals surface area contributed by atoms with Gasteiger partial charge < -0.3 is 9.88 Å². The third-order valence-electron chi connectivity index (χ3n) is 6.22. The average molecular weight is 504 g/mol. The molecule has 1 aliphatic rings. The first-order valence-electron chi connectivity index (χ1n) is 11.2. The highest BCUT2D eigenvalue weighted by Crippen LogP contribution is 2.35. The number of nitrogens with one attached hydrogen (secondary N) is 1. The van der Waals surface area contributed by atoms with E-state index in [0.29, 0.717) is 47.2 Å². The van der Waals surface area contributed by atoms with Crippen LogP contribution in [0, 0.1) is 0 Å². The normalized spacial score (nSPS) is 16.5. The summed E-state index contributed by atoms with van der Waals surface area (Å²) < 4.78 is 67.2. The van der Waals surface area contributed by atoms with Crippen LogP contribution in [0.5, 0.6) is 0 Å². The van der Waals surface area contributed by atoms with Crippen molar-refractivity contribution in [3.8, 4) is 11.3 Å². The van der Waals surface area contributed by atoms with Crippen molar-refractivity contribution in [2.75, 3.05) is 16.8 Å². The fourth-order valence-electron chi connectivity index (χ4n) is 4.51. The van der Waals surface area contributed by atoms with E-state index in [0.717, 1.165) is 5.56 Å². The second kappa shape index (κ2) is 9.03. The summed E-state index contributed by atoms with van der Waals surface area (Å²) in [4.78, 5) is 3.99. The first kappa shape index (κ1) is 23.4. The van der Waals surface area contributed by atoms with Gasteiger partial charge in [0.1, 0.15) is 16.4 Å². The molecule has 4 aromatic rings. The monoisotopic (exact) mass is 503 g/mol. The molecule has 184 valence electrons. The maximum atomic E-state index is 13.6. The van der Waals surface area contributed by atoms with E-state index in [1.165, 1.54) is 4.57 Å². The van der Waals surface area contributed by atoms with Gasteiger partial charge in [0.05, 0.1) is 35.5 Å². The van der Waals surface area contributed by atoms with Crippen molar-refractivity contribution in [3.05, 3.63) is 66.7 Å². The van der Waals surface area contributed by atoms with Crippen LogP contribution in [0.2, 0.25) is 0 Å². The molecular formula is C24H24F3N5O2S. The molecule has 0 unspecified atom stereocenters. The Morgan fingerprint density at radius 1 is 1.09 bits per heavy atom. The number of halogens is 3. The van der Waals surface area contributed by atoms with Crippen LogP contribution < -0.4 is 5.32 Å². The Morgan fingerprint density at radius 3 is 2.54 bits per heavy atom. The van der Waals surface area contributed by atoms with Gasteiger partial charge in [-0.25, -0.2) is 8.42 Å². The number of fused-ring (bicyclic) bond motifs is 1. The second-order valence-electron chi connectivity index (χ2n) is 8.82. The Balaban J connectivity index is 1.51. The number of benzene rings is 1. The minimum Gasteiger partial charge on any atom is -0.382 e. The summed E-state index contributed by atoms with van der Waals surface area (Å²) in [6, 6.07) is 10.6. The fourth-order valence-corrected chi connectivity index (χ4v) is 6.00. The number of pyridine rings is 1. The molecule has 0 aliphatic carbocycles. The van der Waals surface area contributed by atoms with Crippen molar-refractivity contribution in [1.82, 2.24) is 19.3 Å². The summed E-state index contributed by atoms with van der Waals surface area (Å²) in [5.41, 5.74) is 3.12. The Kier molecular flexibility index (Phi) is 6.04. The number of anilines is 1. The molecule has 1 aliphatic heterocycles. The minimum absolute atomic E-state index is 0.0540. The van der Waals surface area contributed by atoms with Crippen LogP contribution in [0.4, 0.5) is 18.9 Å². The van der Waals surface area contributed by atoms with E-state index in [9.17, 15) is 21.6 Å². The number of nitrogens with zero attached hydrogens (tertiary/aromatic N) is 4. The molecule has 1 fully saturated rings. The number of sulfone groups is 1. The first-order chi connectivity index (χ1) is 16.7. The van der Waals surface area contributed by atoms with E-state index in [1.54, 1.807) is 47.7 Å². The molecule has 11 heteroatoms. The second-order valence-corrected chi connectivity index (χ2v) is 11.1. The van der Waals surface area contributed by atoms with Crippen molar-refractivity contribution in [2.24, 2.45) is 0 Å². The van der Waals surface area contributed by atoms with Crippen LogP contribution in [0.25, 0.3) is 22.2 Å². The van der Waals surface area contributed by atoms with Crippen LogP contribution in [-0.4, -0.2) is 51.5 Å². The molecule has 0 bridgehead atoms. The van der Waals surface area contributed by atoms with E-state index in [4.69, 9.17) is 0 Å². The maximum absolute atomic E-state index is 13.6. The van der Waals surface area contributed by atoms with E-state index in [1.807, 2.05) is 18.2 Å². The summed E-state index contributed by atoms with van der Waals surface area (Å²) >= 11 is 0. The first-order valence-corrected chi connectivity index (χ1v) is 13.1. The fraction of sp³-hybridized carbons (Fsp3) is 0.333. The van der Waals surface area contributed by atoms with Gasteiger partial charge in [-0.05, 0) is 48.7 Å². The zero-order chi connectivity index (χ0) is 24.6. The van der Waals surface area contributed by atoms with Crippen LogP contribution in [-0.2, 0) is 22.9 Å². The summed E-state index contributed by atoms with van der Waals surface area (Å²) in [6.45, 7) is -0.661. The van der Waals surface area contributed by atoms with Gasteiger partial charge in [-0.3, -0.25) is 9.67 Å². The molecule has 0 spiro atoms. The molecule has 0 atom stereocenters. The molecule has 0 saturated carbocycles. The van der Waals surface area contributed by atoms with E-state index in [2.05, 4.69) is 15.4 Å². The lowest BCUT2D eigenvalue weighted by Gasteiger charge is -2.24. The number of hydrogen-bond acceptors (Lipinski definition) is 5. The van der Waals surface area contributed by atoms with Crippen LogP contribution in [0.15, 0.2) is 61.2 Å². The minimum atomic E-state index is -4.41. The Bertz CT molecular complexity index is 1430. The largest absolute Gasteiger partial charge is 0.406 e. The number of aromatic nitrogens is 4. The zero-order valence-electron chi connectivity index (χ0n) is 18.7. The van der Waals surface area contributed by atoms with Gasteiger partial charge in [0.25, 0.3) is 0 Å². The maximum Gasteiger partial charge on any atom is 0.406 e. The lowest BCUT2D eigenvalue weighted by molar-refractivity contribution is -0.139. The van der Waals surface area contributed by atoms with Crippen LogP contribution >= 0.6 is 0 Å². The van der Waals surface area contributed by atoms with Crippen molar-refractivity contribution in [2.45, 2.75) is 38.1 Å². The third kappa shape index (κ3) is 5.34. The molecule has 3 aromatic heterocycles. The van der Waals surface area contributed by atoms with Gasteiger partial charge in [-0.2, -0.15) is 18.3 Å². The molecule has 1 N–H and O–H groups in total. The standard InChI is InChI=1S/C24H24F3N5O2S/c25-24(26,27)16-32-22-3-1-2-21(30-19-6-10-35(33,34)11-7-19)20(22)12-23(32)18-13-29-31(15-18)14-17-4-8-28-9-5-17/h1-5,8-9,12-13,15,19,30H,6-7,10-11,14,16H2. The average Bonchev–Trinajstić information content (AvgIpc) is 3.40. The molecule has 5 rings (SSSR count). The summed E-state index contributed by atoms with van der Waals surface area (Å²) in [5.74, 6) is 0.218. The quantitative estimate of drug-likeness (QED) is 0.419. The highest BCUT2D eigenvalue weighted by atomic mass is 32.2. The lowest BCUT2D eigenvalue weighted by Crippen LogP contribution is -2.32. The smallest absolute Gasteiger partial charge is 0.382 e. The van der Waals surface area contributed by atoms with E-state index < -0.39 is 22.6 Å². The predicted molar refractivity (Wildman–Crippen MR) is 128 cm³/mol. The number of hydrogen-bond donors (Lipinski definition) is 1. The Morgan fingerprint density at radius 2 is 1.83 bits per heavy atom. The van der Waals surface area contributed by atoms with Gasteiger partial charge in [0.2, 0.25) is 0 Å². The Hall–Kier alpha value is -3.34. The number of rotatable bonds is 6. The molecule has 35 heavy (non-hydrogen) atoms. The van der Waals surface area contributed by atoms with E-state index >= 15 is 0 Å². The van der Waals surface area contributed by atoms with Crippen molar-refractivity contribution >= 4 is 26.4 Å². The number of alkyl halides is 3. The molecule has 0 radical (unpaired) electrons. The van der Waals surface area contributed by atoms with Crippen molar-refractivity contribution in [1.29, 1.82) is 0 Å². The predicted octanol–water partition coefficient (Wildman–Crippen LogP) is 4.50. The molecule has 1 aromatic carbocycles. The highest BCUT2D eigenvalue weighted by molar-refractivity contribution is 7.91. The van der Waals surface area contributed by atoms with Crippen molar-refractivity contribution < 1.29 is 21.6 Å². The van der Waals surface area contributed by atoms with Crippen LogP contribution in [0.3, 0.4) is 0 Å².